The molecule has 0 saturated heterocycles. The molecule has 114 valence electrons. The molecular weight excluding hydrogens is 284 g/mol. The Morgan fingerprint density at radius 2 is 1.90 bits per heavy atom. The zero-order chi connectivity index (χ0) is 16.0. The highest BCUT2D eigenvalue weighted by molar-refractivity contribution is 7.84. The van der Waals surface area contributed by atoms with Crippen LogP contribution in [0.5, 0.6) is 0 Å². The minimum absolute atomic E-state index is 0.0507. The smallest absolute Gasteiger partial charge is 0.222 e. The molecule has 0 aliphatic heterocycles. The molecule has 1 amide bonds. The van der Waals surface area contributed by atoms with Crippen molar-refractivity contribution in [3.63, 3.8) is 0 Å². The fraction of sp³-hybridized carbons (Fsp3) is 0.500. The molecule has 0 unspecified atom stereocenters. The van der Waals surface area contributed by atoms with Crippen molar-refractivity contribution in [3.05, 3.63) is 35.4 Å². The van der Waals surface area contributed by atoms with E-state index in [1.54, 1.807) is 6.26 Å². The van der Waals surface area contributed by atoms with Crippen molar-refractivity contribution in [1.29, 1.82) is 5.26 Å². The van der Waals surface area contributed by atoms with Gasteiger partial charge >= 0.3 is 0 Å². The van der Waals surface area contributed by atoms with Crippen molar-refractivity contribution >= 4 is 16.7 Å². The molecule has 1 rings (SSSR count). The molecule has 0 aliphatic rings. The lowest BCUT2D eigenvalue weighted by Crippen LogP contribution is -2.28. The van der Waals surface area contributed by atoms with Gasteiger partial charge in [-0.3, -0.25) is 9.00 Å². The first-order chi connectivity index (χ1) is 9.74. The van der Waals surface area contributed by atoms with Crippen molar-refractivity contribution in [1.82, 2.24) is 5.32 Å². The Balaban J connectivity index is 2.75. The van der Waals surface area contributed by atoms with Gasteiger partial charge in [-0.2, -0.15) is 5.26 Å². The van der Waals surface area contributed by atoms with E-state index in [4.69, 9.17) is 0 Å². The van der Waals surface area contributed by atoms with E-state index in [1.165, 1.54) is 5.56 Å². The van der Waals surface area contributed by atoms with Gasteiger partial charge in [0.25, 0.3) is 0 Å². The average molecular weight is 306 g/mol. The van der Waals surface area contributed by atoms with Crippen molar-refractivity contribution in [3.8, 4) is 6.07 Å². The van der Waals surface area contributed by atoms with Gasteiger partial charge in [0, 0.05) is 29.2 Å². The minimum atomic E-state index is -1.00. The highest BCUT2D eigenvalue weighted by Crippen LogP contribution is 2.23. The number of carbonyl (C=O) groups excluding carboxylic acids is 1. The largest absolute Gasteiger partial charge is 0.337 e. The quantitative estimate of drug-likeness (QED) is 0.908. The number of carbonyl (C=O) groups is 1. The summed E-state index contributed by atoms with van der Waals surface area (Å²) in [7, 11) is -1.00. The van der Waals surface area contributed by atoms with Crippen LogP contribution >= 0.6 is 0 Å². The first-order valence-electron chi connectivity index (χ1n) is 6.83. The first kappa shape index (κ1) is 17.4. The van der Waals surface area contributed by atoms with E-state index in [-0.39, 0.29) is 17.7 Å². The van der Waals surface area contributed by atoms with Gasteiger partial charge in [0.15, 0.2) is 0 Å². The number of nitrogens with zero attached hydrogens (tertiary/aromatic N) is 1. The first-order valence-corrected chi connectivity index (χ1v) is 8.56. The van der Waals surface area contributed by atoms with Crippen molar-refractivity contribution < 1.29 is 9.00 Å². The molecule has 1 aromatic carbocycles. The van der Waals surface area contributed by atoms with Crippen molar-refractivity contribution in [2.75, 3.05) is 12.0 Å². The fourth-order valence-corrected chi connectivity index (χ4v) is 2.31. The third-order valence-corrected chi connectivity index (χ3v) is 3.94. The zero-order valence-corrected chi connectivity index (χ0v) is 13.8. The van der Waals surface area contributed by atoms with Crippen LogP contribution in [0.1, 0.15) is 44.4 Å². The average Bonchev–Trinajstić information content (AvgIpc) is 2.41. The van der Waals surface area contributed by atoms with Crippen LogP contribution in [-0.2, 0) is 21.0 Å². The number of benzene rings is 1. The van der Waals surface area contributed by atoms with Crippen molar-refractivity contribution in [2.24, 2.45) is 0 Å². The Morgan fingerprint density at radius 1 is 1.33 bits per heavy atom. The van der Waals surface area contributed by atoms with Crippen LogP contribution in [-0.4, -0.2) is 22.1 Å². The van der Waals surface area contributed by atoms with Gasteiger partial charge in [-0.15, -0.1) is 0 Å². The van der Waals surface area contributed by atoms with E-state index in [0.29, 0.717) is 5.75 Å². The Kier molecular flexibility index (Phi) is 6.10. The summed E-state index contributed by atoms with van der Waals surface area (Å²) in [6.45, 7) is 6.36. The van der Waals surface area contributed by atoms with Crippen LogP contribution in [0.4, 0.5) is 0 Å². The van der Waals surface area contributed by atoms with Crippen LogP contribution in [0.2, 0.25) is 0 Å². The van der Waals surface area contributed by atoms with Crippen LogP contribution in [0, 0.1) is 11.3 Å². The summed E-state index contributed by atoms with van der Waals surface area (Å²) in [5, 5.41) is 11.9. The lowest BCUT2D eigenvalue weighted by molar-refractivity contribution is -0.121. The maximum Gasteiger partial charge on any atom is 0.222 e. The van der Waals surface area contributed by atoms with Gasteiger partial charge in [0.1, 0.15) is 6.04 Å². The maximum absolute atomic E-state index is 11.7. The summed E-state index contributed by atoms with van der Waals surface area (Å²) in [6, 6.07) is 9.11. The summed E-state index contributed by atoms with van der Waals surface area (Å²) >= 11 is 0. The fourth-order valence-electron chi connectivity index (χ4n) is 1.84. The van der Waals surface area contributed by atoms with Gasteiger partial charge in [-0.1, -0.05) is 45.0 Å². The van der Waals surface area contributed by atoms with E-state index >= 15 is 0 Å². The Labute approximate surface area is 129 Å². The van der Waals surface area contributed by atoms with Gasteiger partial charge < -0.3 is 5.32 Å². The van der Waals surface area contributed by atoms with Crippen LogP contribution in [0.25, 0.3) is 0 Å². The van der Waals surface area contributed by atoms with Crippen LogP contribution in [0.3, 0.4) is 0 Å². The predicted molar refractivity (Wildman–Crippen MR) is 85.2 cm³/mol. The molecule has 0 aliphatic carbocycles. The summed E-state index contributed by atoms with van der Waals surface area (Å²) in [4.78, 5) is 11.7. The summed E-state index contributed by atoms with van der Waals surface area (Å²) in [5.41, 5.74) is 1.99. The van der Waals surface area contributed by atoms with Gasteiger partial charge in [-0.25, -0.2) is 0 Å². The van der Waals surface area contributed by atoms with Crippen LogP contribution in [0.15, 0.2) is 24.3 Å². The molecule has 0 heterocycles. The topological polar surface area (TPSA) is 70.0 Å². The van der Waals surface area contributed by atoms with Gasteiger partial charge in [-0.05, 0) is 16.5 Å². The molecule has 0 aromatic heterocycles. The molecule has 0 saturated carbocycles. The molecule has 0 radical (unpaired) electrons. The minimum Gasteiger partial charge on any atom is -0.337 e. The Morgan fingerprint density at radius 3 is 2.33 bits per heavy atom. The molecule has 0 bridgehead atoms. The number of hydrogen-bond donors (Lipinski definition) is 1. The molecule has 0 spiro atoms. The number of nitrogens with one attached hydrogen (secondary N) is 1. The molecular formula is C16H22N2O2S. The highest BCUT2D eigenvalue weighted by Gasteiger charge is 2.17. The number of nitriles is 1. The monoisotopic (exact) mass is 306 g/mol. The second kappa shape index (κ2) is 7.37. The van der Waals surface area contributed by atoms with Gasteiger partial charge in [0.05, 0.1) is 6.07 Å². The molecule has 1 N–H and O–H groups in total. The molecule has 5 heteroatoms. The molecule has 2 atom stereocenters. The van der Waals surface area contributed by atoms with Gasteiger partial charge in [0.2, 0.25) is 5.91 Å². The number of hydrogen-bond acceptors (Lipinski definition) is 3. The maximum atomic E-state index is 11.7. The second-order valence-electron chi connectivity index (χ2n) is 6.03. The molecule has 0 fully saturated rings. The van der Waals surface area contributed by atoms with Crippen molar-refractivity contribution in [2.45, 2.75) is 38.6 Å². The van der Waals surface area contributed by atoms with Crippen LogP contribution < -0.4 is 5.32 Å². The van der Waals surface area contributed by atoms with E-state index in [9.17, 15) is 14.3 Å². The standard InChI is InChI=1S/C16H22N2O2S/c1-16(2,3)13-7-5-12(6-8-13)14(11-17)18-15(19)9-10-21(4)20/h5-8,14H,9-10H2,1-4H3,(H,18,19)/t14-,21+/m1/s1. The van der Waals surface area contributed by atoms with E-state index in [0.717, 1.165) is 5.56 Å². The lowest BCUT2D eigenvalue weighted by Gasteiger charge is -2.20. The summed E-state index contributed by atoms with van der Waals surface area (Å²) in [6.07, 6.45) is 1.72. The summed E-state index contributed by atoms with van der Waals surface area (Å²) < 4.78 is 11.0. The highest BCUT2D eigenvalue weighted by atomic mass is 32.2. The van der Waals surface area contributed by atoms with E-state index in [2.05, 4.69) is 32.2 Å². The predicted octanol–water partition coefficient (Wildman–Crippen LogP) is 2.43. The Bertz CT molecular complexity index is 553. The zero-order valence-electron chi connectivity index (χ0n) is 13.0. The SMILES string of the molecule is C[S@](=O)CCC(=O)N[C@H](C#N)c1ccc(C(C)(C)C)cc1. The number of rotatable bonds is 5. The Hall–Kier alpha value is -1.67. The third-order valence-electron chi connectivity index (χ3n) is 3.16. The summed E-state index contributed by atoms with van der Waals surface area (Å²) in [5.74, 6) is 0.0593. The second-order valence-corrected chi connectivity index (χ2v) is 7.58. The molecule has 21 heavy (non-hydrogen) atoms. The molecule has 1 aromatic rings. The normalized spacial score (nSPS) is 14.0. The number of amides is 1. The lowest BCUT2D eigenvalue weighted by atomic mass is 9.86. The third kappa shape index (κ3) is 5.68. The van der Waals surface area contributed by atoms with E-state index < -0.39 is 16.8 Å². The molecule has 4 nitrogen and oxygen atoms in total. The van der Waals surface area contributed by atoms with E-state index in [1.807, 2.05) is 24.3 Å².